The Balaban J connectivity index is 1.46. The minimum absolute atomic E-state index is 0.0296. The van der Waals surface area contributed by atoms with Gasteiger partial charge in [0.25, 0.3) is 5.91 Å². The first-order valence-corrected chi connectivity index (χ1v) is 12.1. The number of carbonyl (C=O) groups excluding carboxylic acids is 1. The van der Waals surface area contributed by atoms with E-state index >= 15 is 0 Å². The van der Waals surface area contributed by atoms with E-state index in [4.69, 9.17) is 0 Å². The van der Waals surface area contributed by atoms with Gasteiger partial charge in [-0.15, -0.1) is 0 Å². The summed E-state index contributed by atoms with van der Waals surface area (Å²) in [5.41, 5.74) is 1.62. The van der Waals surface area contributed by atoms with E-state index in [1.165, 1.54) is 0 Å². The first-order chi connectivity index (χ1) is 15.1. The largest absolute Gasteiger partial charge is 0.481 e. The number of aliphatic carboxylic acids is 1. The maximum Gasteiger partial charge on any atom is 0.309 e. The molecule has 2 heterocycles. The monoisotopic (exact) mass is 441 g/mol. The summed E-state index contributed by atoms with van der Waals surface area (Å²) >= 11 is 0. The van der Waals surface area contributed by atoms with Gasteiger partial charge in [0.15, 0.2) is 6.23 Å². The quantitative estimate of drug-likeness (QED) is 0.663. The van der Waals surface area contributed by atoms with Crippen molar-refractivity contribution in [3.63, 3.8) is 0 Å². The molecule has 2 fully saturated rings. The van der Waals surface area contributed by atoms with Gasteiger partial charge in [-0.1, -0.05) is 20.3 Å². The van der Waals surface area contributed by atoms with E-state index in [9.17, 15) is 19.8 Å². The maximum atomic E-state index is 13.3. The molecule has 0 aromatic carbocycles. The van der Waals surface area contributed by atoms with E-state index in [1.807, 2.05) is 6.92 Å². The van der Waals surface area contributed by atoms with Crippen LogP contribution >= 0.6 is 0 Å². The SMILES string of the molecule is C[C@]12CCC[C@](C)(C(=O)O)[C@@H]1CC[C@@]1(C)C3=C(CC[C@H]21)C(=O)N(CCc1cnc[nH]1)C3O. The van der Waals surface area contributed by atoms with E-state index in [0.29, 0.717) is 19.4 Å². The van der Waals surface area contributed by atoms with Crippen molar-refractivity contribution in [3.8, 4) is 0 Å². The van der Waals surface area contributed by atoms with E-state index in [1.54, 1.807) is 17.4 Å². The van der Waals surface area contributed by atoms with Crippen molar-refractivity contribution in [2.75, 3.05) is 6.54 Å². The smallest absolute Gasteiger partial charge is 0.309 e. The lowest BCUT2D eigenvalue weighted by atomic mass is 9.40. The molecule has 5 rings (SSSR count). The van der Waals surface area contributed by atoms with Crippen LogP contribution in [0.3, 0.4) is 0 Å². The fourth-order valence-corrected chi connectivity index (χ4v) is 8.32. The number of fused-ring (bicyclic) bond motifs is 4. The molecule has 1 aliphatic heterocycles. The average molecular weight is 442 g/mol. The number of aromatic amines is 1. The van der Waals surface area contributed by atoms with Crippen molar-refractivity contribution in [2.24, 2.45) is 28.1 Å². The Morgan fingerprint density at radius 1 is 1.22 bits per heavy atom. The first kappa shape index (κ1) is 21.7. The Bertz CT molecular complexity index is 972. The van der Waals surface area contributed by atoms with Gasteiger partial charge in [0.05, 0.1) is 11.7 Å². The van der Waals surface area contributed by atoms with Gasteiger partial charge in [0.1, 0.15) is 0 Å². The van der Waals surface area contributed by atoms with Crippen LogP contribution < -0.4 is 0 Å². The number of nitrogens with zero attached hydrogens (tertiary/aromatic N) is 2. The molecule has 7 nitrogen and oxygen atoms in total. The zero-order chi connectivity index (χ0) is 22.9. The molecule has 0 saturated heterocycles. The van der Waals surface area contributed by atoms with Gasteiger partial charge in [0.2, 0.25) is 0 Å². The zero-order valence-corrected chi connectivity index (χ0v) is 19.4. The predicted octanol–water partition coefficient (Wildman–Crippen LogP) is 3.52. The zero-order valence-electron chi connectivity index (χ0n) is 19.4. The van der Waals surface area contributed by atoms with Crippen LogP contribution in [0.5, 0.6) is 0 Å². The van der Waals surface area contributed by atoms with Crippen LogP contribution in [0.25, 0.3) is 0 Å². The van der Waals surface area contributed by atoms with Gasteiger partial charge in [-0.2, -0.15) is 0 Å². The number of H-pyrrole nitrogens is 1. The highest BCUT2D eigenvalue weighted by Gasteiger charge is 2.64. The third kappa shape index (κ3) is 2.79. The number of hydrogen-bond acceptors (Lipinski definition) is 4. The lowest BCUT2D eigenvalue weighted by Gasteiger charge is -2.63. The molecule has 1 amide bonds. The molecule has 0 spiro atoms. The van der Waals surface area contributed by atoms with Crippen molar-refractivity contribution in [1.29, 1.82) is 0 Å². The fourth-order valence-electron chi connectivity index (χ4n) is 8.32. The maximum absolute atomic E-state index is 13.3. The van der Waals surface area contributed by atoms with Crippen molar-refractivity contribution in [1.82, 2.24) is 14.9 Å². The van der Waals surface area contributed by atoms with Gasteiger partial charge >= 0.3 is 5.97 Å². The Labute approximate surface area is 189 Å². The number of hydrogen-bond donors (Lipinski definition) is 3. The highest BCUT2D eigenvalue weighted by molar-refractivity contribution is 5.98. The molecular formula is C25H35N3O4. The summed E-state index contributed by atoms with van der Waals surface area (Å²) in [6, 6.07) is 0. The summed E-state index contributed by atoms with van der Waals surface area (Å²) in [6.07, 6.45) is 9.04. The number of aliphatic hydroxyl groups is 1. The molecule has 2 saturated carbocycles. The first-order valence-electron chi connectivity index (χ1n) is 12.1. The van der Waals surface area contributed by atoms with Crippen LogP contribution in [-0.4, -0.2) is 49.7 Å². The van der Waals surface area contributed by atoms with Crippen molar-refractivity contribution in [3.05, 3.63) is 29.4 Å². The summed E-state index contributed by atoms with van der Waals surface area (Å²) < 4.78 is 0. The molecular weight excluding hydrogens is 406 g/mol. The number of carboxylic acid groups (broad SMARTS) is 1. The molecule has 32 heavy (non-hydrogen) atoms. The molecule has 3 aliphatic carbocycles. The molecule has 1 aromatic heterocycles. The highest BCUT2D eigenvalue weighted by atomic mass is 16.4. The summed E-state index contributed by atoms with van der Waals surface area (Å²) in [7, 11) is 0. The Morgan fingerprint density at radius 3 is 2.69 bits per heavy atom. The third-order valence-electron chi connectivity index (χ3n) is 9.86. The number of nitrogens with one attached hydrogen (secondary N) is 1. The number of carboxylic acids is 1. The third-order valence-corrected chi connectivity index (χ3v) is 9.86. The fraction of sp³-hybridized carbons (Fsp3) is 0.720. The van der Waals surface area contributed by atoms with Gasteiger partial charge < -0.3 is 20.1 Å². The van der Waals surface area contributed by atoms with E-state index in [-0.39, 0.29) is 28.6 Å². The molecule has 7 heteroatoms. The lowest BCUT2D eigenvalue weighted by molar-refractivity contribution is -0.176. The number of rotatable bonds is 4. The Hall–Kier alpha value is -2.15. The van der Waals surface area contributed by atoms with Crippen molar-refractivity contribution >= 4 is 11.9 Å². The molecule has 0 bridgehead atoms. The summed E-state index contributed by atoms with van der Waals surface area (Å²) in [4.78, 5) is 34.3. The second-order valence-corrected chi connectivity index (χ2v) is 11.3. The number of carbonyl (C=O) groups is 2. The topological polar surface area (TPSA) is 107 Å². The van der Waals surface area contributed by atoms with E-state index in [0.717, 1.165) is 55.4 Å². The second-order valence-electron chi connectivity index (χ2n) is 11.3. The van der Waals surface area contributed by atoms with Crippen LogP contribution in [0.15, 0.2) is 23.7 Å². The minimum Gasteiger partial charge on any atom is -0.481 e. The molecule has 4 aliphatic rings. The van der Waals surface area contributed by atoms with Crippen LogP contribution in [0.2, 0.25) is 0 Å². The molecule has 1 aromatic rings. The van der Waals surface area contributed by atoms with Crippen molar-refractivity contribution < 1.29 is 19.8 Å². The molecule has 1 unspecified atom stereocenters. The van der Waals surface area contributed by atoms with Crippen LogP contribution in [0, 0.1) is 28.1 Å². The number of imidazole rings is 1. The summed E-state index contributed by atoms with van der Waals surface area (Å²) in [6.45, 7) is 6.92. The summed E-state index contributed by atoms with van der Waals surface area (Å²) in [5, 5.41) is 21.5. The molecule has 0 radical (unpaired) electrons. The van der Waals surface area contributed by atoms with Gasteiger partial charge in [-0.25, -0.2) is 4.98 Å². The van der Waals surface area contributed by atoms with Gasteiger partial charge in [-0.3, -0.25) is 9.59 Å². The van der Waals surface area contributed by atoms with Crippen LogP contribution in [0.4, 0.5) is 0 Å². The standard InChI is InChI=1S/C25H35N3O4/c1-23-9-4-10-25(3,22(31)32)18(23)7-11-24(2)17(23)6-5-16-19(24)21(30)28(20(16)29)12-8-15-13-26-14-27-15/h13-14,17-18,21,30H,4-12H2,1-3H3,(H,26,27)(H,31,32)/t17-,18-,21?,23-,24-,25+/m1/s1. The Kier molecular flexibility index (Phi) is 4.86. The van der Waals surface area contributed by atoms with Gasteiger partial charge in [-0.05, 0) is 73.7 Å². The van der Waals surface area contributed by atoms with Gasteiger partial charge in [0, 0.05) is 30.4 Å². The lowest BCUT2D eigenvalue weighted by Crippen LogP contribution is -2.59. The molecule has 6 atom stereocenters. The minimum atomic E-state index is -0.886. The normalized spacial score (nSPS) is 41.3. The second kappa shape index (κ2) is 7.17. The molecule has 174 valence electrons. The predicted molar refractivity (Wildman–Crippen MR) is 118 cm³/mol. The number of amides is 1. The van der Waals surface area contributed by atoms with Crippen molar-refractivity contribution in [2.45, 2.75) is 78.4 Å². The number of aromatic nitrogens is 2. The Morgan fingerprint density at radius 2 is 2.00 bits per heavy atom. The molecule has 3 N–H and O–H groups in total. The van der Waals surface area contributed by atoms with E-state index in [2.05, 4.69) is 23.8 Å². The van der Waals surface area contributed by atoms with E-state index < -0.39 is 17.6 Å². The average Bonchev–Trinajstić information content (AvgIpc) is 3.33. The van der Waals surface area contributed by atoms with Crippen LogP contribution in [-0.2, 0) is 16.0 Å². The number of aliphatic hydroxyl groups excluding tert-OH is 1. The summed E-state index contributed by atoms with van der Waals surface area (Å²) in [5.74, 6) is -0.291. The highest BCUT2D eigenvalue weighted by Crippen LogP contribution is 2.69. The van der Waals surface area contributed by atoms with Crippen LogP contribution in [0.1, 0.15) is 71.4 Å².